The molecule has 18 heavy (non-hydrogen) atoms. The van der Waals surface area contributed by atoms with Gasteiger partial charge in [0, 0.05) is 20.0 Å². The van der Waals surface area contributed by atoms with Gasteiger partial charge in [0.05, 0.1) is 11.6 Å². The lowest BCUT2D eigenvalue weighted by atomic mass is 10.1. The van der Waals surface area contributed by atoms with Crippen LogP contribution in [0.1, 0.15) is 12.0 Å². The highest BCUT2D eigenvalue weighted by molar-refractivity contribution is 9.10. The molecule has 0 heterocycles. The molecular weight excluding hydrogens is 314 g/mol. The standard InChI is InChI=1S/C13H18BrNO2S/c1-15(13(16)6-8-18)7-5-10-3-4-12(17-2)11(14)9-10/h3-4,9,18H,5-8H2,1-2H3. The molecule has 0 aliphatic rings. The minimum absolute atomic E-state index is 0.137. The second kappa shape index (κ2) is 7.69. The summed E-state index contributed by atoms with van der Waals surface area (Å²) < 4.78 is 6.11. The Hall–Kier alpha value is -0.680. The van der Waals surface area contributed by atoms with Gasteiger partial charge in [-0.3, -0.25) is 4.79 Å². The van der Waals surface area contributed by atoms with Crippen molar-refractivity contribution in [2.45, 2.75) is 12.8 Å². The number of halogens is 1. The second-order valence-corrected chi connectivity index (χ2v) is 5.31. The second-order valence-electron chi connectivity index (χ2n) is 4.01. The van der Waals surface area contributed by atoms with Crippen LogP contribution in [0.3, 0.4) is 0 Å². The molecule has 0 spiro atoms. The van der Waals surface area contributed by atoms with E-state index in [2.05, 4.69) is 28.6 Å². The third kappa shape index (κ3) is 4.53. The van der Waals surface area contributed by atoms with Crippen molar-refractivity contribution in [3.63, 3.8) is 0 Å². The molecule has 0 saturated carbocycles. The topological polar surface area (TPSA) is 29.5 Å². The number of carbonyl (C=O) groups is 1. The SMILES string of the molecule is COc1ccc(CCN(C)C(=O)CCS)cc1Br. The predicted molar refractivity (Wildman–Crippen MR) is 80.5 cm³/mol. The van der Waals surface area contributed by atoms with Crippen molar-refractivity contribution < 1.29 is 9.53 Å². The Kier molecular flexibility index (Phi) is 6.57. The Bertz CT molecular complexity index is 412. The van der Waals surface area contributed by atoms with Crippen LogP contribution >= 0.6 is 28.6 Å². The number of nitrogens with zero attached hydrogens (tertiary/aromatic N) is 1. The summed E-state index contributed by atoms with van der Waals surface area (Å²) in [6.45, 7) is 0.714. The molecule has 0 N–H and O–H groups in total. The molecule has 0 saturated heterocycles. The minimum Gasteiger partial charge on any atom is -0.496 e. The molecular formula is C13H18BrNO2S. The highest BCUT2D eigenvalue weighted by Gasteiger charge is 2.08. The number of ether oxygens (including phenoxy) is 1. The Balaban J connectivity index is 2.53. The number of methoxy groups -OCH3 is 1. The fourth-order valence-electron chi connectivity index (χ4n) is 1.57. The maximum atomic E-state index is 11.6. The summed E-state index contributed by atoms with van der Waals surface area (Å²) in [4.78, 5) is 13.3. The van der Waals surface area contributed by atoms with Crippen molar-refractivity contribution in [1.29, 1.82) is 0 Å². The quantitative estimate of drug-likeness (QED) is 0.812. The van der Waals surface area contributed by atoms with E-state index in [9.17, 15) is 4.79 Å². The molecule has 1 amide bonds. The van der Waals surface area contributed by atoms with Crippen molar-refractivity contribution in [3.8, 4) is 5.75 Å². The molecule has 0 aromatic heterocycles. The van der Waals surface area contributed by atoms with E-state index in [0.717, 1.165) is 16.6 Å². The van der Waals surface area contributed by atoms with Crippen LogP contribution in [0, 0.1) is 0 Å². The zero-order chi connectivity index (χ0) is 13.5. The van der Waals surface area contributed by atoms with Gasteiger partial charge in [-0.25, -0.2) is 0 Å². The number of thiol groups is 1. The van der Waals surface area contributed by atoms with Gasteiger partial charge in [0.1, 0.15) is 5.75 Å². The summed E-state index contributed by atoms with van der Waals surface area (Å²) in [6, 6.07) is 5.96. The van der Waals surface area contributed by atoms with Gasteiger partial charge in [-0.2, -0.15) is 12.6 Å². The summed E-state index contributed by atoms with van der Waals surface area (Å²) in [5.74, 6) is 1.55. The van der Waals surface area contributed by atoms with Crippen molar-refractivity contribution in [1.82, 2.24) is 4.90 Å². The molecule has 0 atom stereocenters. The molecule has 1 aromatic carbocycles. The molecule has 0 bridgehead atoms. The number of amides is 1. The molecule has 0 unspecified atom stereocenters. The molecule has 1 rings (SSSR count). The van der Waals surface area contributed by atoms with Crippen LogP contribution in [0.15, 0.2) is 22.7 Å². The molecule has 5 heteroatoms. The fourth-order valence-corrected chi connectivity index (χ4v) is 2.35. The molecule has 100 valence electrons. The van der Waals surface area contributed by atoms with Crippen LogP contribution in [0.4, 0.5) is 0 Å². The van der Waals surface area contributed by atoms with Gasteiger partial charge in [-0.1, -0.05) is 6.07 Å². The van der Waals surface area contributed by atoms with E-state index in [0.29, 0.717) is 18.7 Å². The van der Waals surface area contributed by atoms with Gasteiger partial charge in [-0.15, -0.1) is 0 Å². The first-order chi connectivity index (χ1) is 8.58. The number of rotatable bonds is 6. The number of carbonyl (C=O) groups excluding carboxylic acids is 1. The fraction of sp³-hybridized carbons (Fsp3) is 0.462. The van der Waals surface area contributed by atoms with E-state index in [-0.39, 0.29) is 5.91 Å². The zero-order valence-electron chi connectivity index (χ0n) is 10.6. The van der Waals surface area contributed by atoms with Crippen LogP contribution in [0.2, 0.25) is 0 Å². The Morgan fingerprint density at radius 2 is 2.22 bits per heavy atom. The minimum atomic E-state index is 0.137. The monoisotopic (exact) mass is 331 g/mol. The molecule has 0 radical (unpaired) electrons. The first-order valence-electron chi connectivity index (χ1n) is 5.75. The highest BCUT2D eigenvalue weighted by Crippen LogP contribution is 2.25. The van der Waals surface area contributed by atoms with E-state index in [4.69, 9.17) is 4.74 Å². The van der Waals surface area contributed by atoms with Gasteiger partial charge < -0.3 is 9.64 Å². The van der Waals surface area contributed by atoms with Crippen LogP contribution in [-0.2, 0) is 11.2 Å². The van der Waals surface area contributed by atoms with Crippen molar-refractivity contribution in [3.05, 3.63) is 28.2 Å². The number of likely N-dealkylation sites (N-methyl/N-ethyl adjacent to an activating group) is 1. The van der Waals surface area contributed by atoms with Crippen molar-refractivity contribution in [2.75, 3.05) is 26.5 Å². The van der Waals surface area contributed by atoms with Crippen LogP contribution < -0.4 is 4.74 Å². The summed E-state index contributed by atoms with van der Waals surface area (Å²) in [5, 5.41) is 0. The summed E-state index contributed by atoms with van der Waals surface area (Å²) in [5.41, 5.74) is 1.17. The van der Waals surface area contributed by atoms with Crippen LogP contribution in [-0.4, -0.2) is 37.3 Å². The molecule has 1 aromatic rings. The van der Waals surface area contributed by atoms with E-state index in [1.54, 1.807) is 12.0 Å². The van der Waals surface area contributed by atoms with E-state index < -0.39 is 0 Å². The first kappa shape index (κ1) is 15.4. The predicted octanol–water partition coefficient (Wildman–Crippen LogP) is 2.78. The third-order valence-corrected chi connectivity index (χ3v) is 3.55. The molecule has 0 aliphatic carbocycles. The van der Waals surface area contributed by atoms with Gasteiger partial charge in [0.15, 0.2) is 0 Å². The first-order valence-corrected chi connectivity index (χ1v) is 7.18. The summed E-state index contributed by atoms with van der Waals surface area (Å²) >= 11 is 7.51. The van der Waals surface area contributed by atoms with Crippen LogP contribution in [0.5, 0.6) is 5.75 Å². The van der Waals surface area contributed by atoms with Crippen molar-refractivity contribution in [2.24, 2.45) is 0 Å². The lowest BCUT2D eigenvalue weighted by Gasteiger charge is -2.17. The lowest BCUT2D eigenvalue weighted by Crippen LogP contribution is -2.28. The maximum absolute atomic E-state index is 11.6. The number of hydrogen-bond donors (Lipinski definition) is 1. The Labute approximate surface area is 122 Å². The average Bonchev–Trinajstić information content (AvgIpc) is 2.36. The van der Waals surface area contributed by atoms with Crippen molar-refractivity contribution >= 4 is 34.5 Å². The van der Waals surface area contributed by atoms with E-state index in [1.807, 2.05) is 25.2 Å². The van der Waals surface area contributed by atoms with E-state index in [1.165, 1.54) is 5.56 Å². The third-order valence-electron chi connectivity index (χ3n) is 2.70. The van der Waals surface area contributed by atoms with Crippen LogP contribution in [0.25, 0.3) is 0 Å². The van der Waals surface area contributed by atoms with E-state index >= 15 is 0 Å². The smallest absolute Gasteiger partial charge is 0.223 e. The highest BCUT2D eigenvalue weighted by atomic mass is 79.9. The molecule has 0 aliphatic heterocycles. The lowest BCUT2D eigenvalue weighted by molar-refractivity contribution is -0.129. The normalized spacial score (nSPS) is 10.2. The number of benzene rings is 1. The zero-order valence-corrected chi connectivity index (χ0v) is 13.1. The molecule has 3 nitrogen and oxygen atoms in total. The van der Waals surface area contributed by atoms with Gasteiger partial charge in [-0.05, 0) is 45.8 Å². The number of hydrogen-bond acceptors (Lipinski definition) is 3. The summed E-state index contributed by atoms with van der Waals surface area (Å²) in [6.07, 6.45) is 1.32. The van der Waals surface area contributed by atoms with Gasteiger partial charge >= 0.3 is 0 Å². The van der Waals surface area contributed by atoms with Gasteiger partial charge in [0.2, 0.25) is 5.91 Å². The largest absolute Gasteiger partial charge is 0.496 e. The molecule has 0 fully saturated rings. The average molecular weight is 332 g/mol. The summed E-state index contributed by atoms with van der Waals surface area (Å²) in [7, 11) is 3.47. The Morgan fingerprint density at radius 1 is 1.50 bits per heavy atom. The van der Waals surface area contributed by atoms with Gasteiger partial charge in [0.25, 0.3) is 0 Å². The Morgan fingerprint density at radius 3 is 2.78 bits per heavy atom. The maximum Gasteiger partial charge on any atom is 0.223 e.